The van der Waals surface area contributed by atoms with Crippen LogP contribution in [-0.2, 0) is 6.54 Å². The smallest absolute Gasteiger partial charge is 0.232 e. The Labute approximate surface area is 86.7 Å². The van der Waals surface area contributed by atoms with E-state index in [-0.39, 0.29) is 13.0 Å². The number of nitrogens with zero attached hydrogens (tertiary/aromatic N) is 4. The maximum atomic E-state index is 13.8. The highest BCUT2D eigenvalue weighted by molar-refractivity contribution is 4.92. The van der Waals surface area contributed by atoms with Crippen molar-refractivity contribution in [3.8, 4) is 0 Å². The predicted molar refractivity (Wildman–Crippen MR) is 49.3 cm³/mol. The average molecular weight is 216 g/mol. The van der Waals surface area contributed by atoms with Crippen LogP contribution in [0.5, 0.6) is 0 Å². The molecule has 4 nitrogen and oxygen atoms in total. The number of alkyl halides is 2. The van der Waals surface area contributed by atoms with Crippen LogP contribution >= 0.6 is 0 Å². The zero-order valence-corrected chi connectivity index (χ0v) is 8.66. The van der Waals surface area contributed by atoms with Crippen molar-refractivity contribution >= 4 is 0 Å². The first-order valence-electron chi connectivity index (χ1n) is 5.12. The summed E-state index contributed by atoms with van der Waals surface area (Å²) in [6, 6.07) is 0. The number of rotatable bonds is 2. The summed E-state index contributed by atoms with van der Waals surface area (Å²) < 4.78 is 28.9. The zero-order chi connectivity index (χ0) is 10.9. The van der Waals surface area contributed by atoms with Crippen molar-refractivity contribution in [1.29, 1.82) is 0 Å². The van der Waals surface area contributed by atoms with Gasteiger partial charge in [0.05, 0.1) is 12.0 Å². The molecule has 84 valence electrons. The lowest BCUT2D eigenvalue weighted by Gasteiger charge is -2.40. The van der Waals surface area contributed by atoms with E-state index >= 15 is 0 Å². The van der Waals surface area contributed by atoms with E-state index in [9.17, 15) is 8.78 Å². The third-order valence-electron chi connectivity index (χ3n) is 3.25. The fourth-order valence-corrected chi connectivity index (χ4v) is 2.15. The third-order valence-corrected chi connectivity index (χ3v) is 3.25. The summed E-state index contributed by atoms with van der Waals surface area (Å²) in [5, 5.41) is 10.6. The van der Waals surface area contributed by atoms with E-state index in [2.05, 4.69) is 15.5 Å². The van der Waals surface area contributed by atoms with Gasteiger partial charge in [-0.2, -0.15) is 0 Å². The number of halogens is 2. The highest BCUT2D eigenvalue weighted by Crippen LogP contribution is 2.48. The molecule has 1 saturated carbocycles. The average Bonchev–Trinajstić information content (AvgIpc) is 2.63. The molecule has 6 heteroatoms. The Balaban J connectivity index is 2.17. The minimum atomic E-state index is -2.61. The van der Waals surface area contributed by atoms with Crippen LogP contribution in [0.25, 0.3) is 0 Å². The normalized spacial score (nSPS) is 30.3. The van der Waals surface area contributed by atoms with Crippen molar-refractivity contribution in [2.75, 3.05) is 0 Å². The molecule has 1 unspecified atom stereocenters. The van der Waals surface area contributed by atoms with E-state index in [1.165, 1.54) is 11.0 Å². The molecule has 0 spiro atoms. The van der Waals surface area contributed by atoms with E-state index < -0.39 is 11.3 Å². The Kier molecular flexibility index (Phi) is 2.44. The van der Waals surface area contributed by atoms with Gasteiger partial charge in [0.25, 0.3) is 5.92 Å². The fraction of sp³-hybridized carbons (Fsp3) is 0.889. The second kappa shape index (κ2) is 3.50. The van der Waals surface area contributed by atoms with Gasteiger partial charge in [-0.1, -0.05) is 13.3 Å². The van der Waals surface area contributed by atoms with Crippen molar-refractivity contribution in [3.05, 3.63) is 6.33 Å². The maximum absolute atomic E-state index is 13.8. The molecule has 1 heterocycles. The molecule has 0 amide bonds. The Morgan fingerprint density at radius 1 is 1.33 bits per heavy atom. The van der Waals surface area contributed by atoms with Gasteiger partial charge in [-0.25, -0.2) is 13.5 Å². The number of tetrazole rings is 1. The molecule has 1 aliphatic rings. The van der Waals surface area contributed by atoms with Crippen molar-refractivity contribution in [2.24, 2.45) is 5.41 Å². The predicted octanol–water partition coefficient (Wildman–Crippen LogP) is 1.89. The first kappa shape index (κ1) is 10.4. The van der Waals surface area contributed by atoms with Crippen LogP contribution in [0.1, 0.15) is 32.6 Å². The summed E-state index contributed by atoms with van der Waals surface area (Å²) in [7, 11) is 0. The van der Waals surface area contributed by atoms with Crippen LogP contribution < -0.4 is 0 Å². The lowest BCUT2D eigenvalue weighted by Crippen LogP contribution is -2.44. The second-order valence-corrected chi connectivity index (χ2v) is 4.48. The van der Waals surface area contributed by atoms with Gasteiger partial charge in [0.1, 0.15) is 6.33 Å². The van der Waals surface area contributed by atoms with Crippen molar-refractivity contribution in [1.82, 2.24) is 20.2 Å². The van der Waals surface area contributed by atoms with E-state index in [0.717, 1.165) is 6.42 Å². The zero-order valence-electron chi connectivity index (χ0n) is 8.66. The van der Waals surface area contributed by atoms with Crippen LogP contribution in [0.4, 0.5) is 8.78 Å². The Morgan fingerprint density at radius 3 is 2.67 bits per heavy atom. The Hall–Kier alpha value is -1.07. The molecule has 0 aliphatic heterocycles. The van der Waals surface area contributed by atoms with Crippen LogP contribution in [0.2, 0.25) is 0 Å². The van der Waals surface area contributed by atoms with E-state index in [1.54, 1.807) is 6.92 Å². The molecule has 0 aromatic carbocycles. The first-order chi connectivity index (χ1) is 7.04. The minimum absolute atomic E-state index is 0.0222. The van der Waals surface area contributed by atoms with Gasteiger partial charge in [-0.3, -0.25) is 0 Å². The van der Waals surface area contributed by atoms with Crippen LogP contribution in [0.15, 0.2) is 6.33 Å². The highest BCUT2D eigenvalue weighted by Gasteiger charge is 2.51. The summed E-state index contributed by atoms with van der Waals surface area (Å²) in [6.07, 6.45) is 3.35. The van der Waals surface area contributed by atoms with Crippen LogP contribution in [-0.4, -0.2) is 26.1 Å². The SMILES string of the molecule is CC1(Cn2cnnn2)CCCCC1(F)F. The lowest BCUT2D eigenvalue weighted by molar-refractivity contribution is -0.149. The highest BCUT2D eigenvalue weighted by atomic mass is 19.3. The largest absolute Gasteiger partial charge is 0.255 e. The molecule has 1 aliphatic carbocycles. The van der Waals surface area contributed by atoms with Gasteiger partial charge in [-0.15, -0.1) is 5.10 Å². The molecule has 0 N–H and O–H groups in total. The molecule has 15 heavy (non-hydrogen) atoms. The number of aromatic nitrogens is 4. The Bertz CT molecular complexity index is 325. The molecular formula is C9H14F2N4. The topological polar surface area (TPSA) is 43.6 Å². The molecule has 2 rings (SSSR count). The molecule has 1 atom stereocenters. The van der Waals surface area contributed by atoms with Crippen molar-refractivity contribution in [2.45, 2.75) is 45.1 Å². The van der Waals surface area contributed by atoms with Gasteiger partial charge in [0, 0.05) is 6.42 Å². The molecular weight excluding hydrogens is 202 g/mol. The molecule has 0 saturated heterocycles. The van der Waals surface area contributed by atoms with Gasteiger partial charge in [-0.05, 0) is 23.3 Å². The number of hydrogen-bond acceptors (Lipinski definition) is 3. The fourth-order valence-electron chi connectivity index (χ4n) is 2.15. The summed E-state index contributed by atoms with van der Waals surface area (Å²) in [5.74, 6) is -2.61. The third kappa shape index (κ3) is 1.85. The molecule has 1 aromatic heterocycles. The van der Waals surface area contributed by atoms with Gasteiger partial charge >= 0.3 is 0 Å². The van der Waals surface area contributed by atoms with Gasteiger partial charge in [0.15, 0.2) is 0 Å². The molecule has 0 radical (unpaired) electrons. The van der Waals surface area contributed by atoms with Crippen LogP contribution in [0, 0.1) is 5.41 Å². The monoisotopic (exact) mass is 216 g/mol. The first-order valence-corrected chi connectivity index (χ1v) is 5.12. The van der Waals surface area contributed by atoms with Crippen LogP contribution in [0.3, 0.4) is 0 Å². The molecule has 1 fully saturated rings. The second-order valence-electron chi connectivity index (χ2n) is 4.48. The van der Waals surface area contributed by atoms with E-state index in [4.69, 9.17) is 0 Å². The van der Waals surface area contributed by atoms with E-state index in [0.29, 0.717) is 12.8 Å². The quantitative estimate of drug-likeness (QED) is 0.758. The standard InChI is InChI=1S/C9H14F2N4/c1-8(6-15-7-12-13-14-15)4-2-3-5-9(8,10)11/h7H,2-6H2,1H3. The summed E-state index contributed by atoms with van der Waals surface area (Å²) in [4.78, 5) is 0. The van der Waals surface area contributed by atoms with E-state index in [1.807, 2.05) is 0 Å². The van der Waals surface area contributed by atoms with Gasteiger partial charge < -0.3 is 0 Å². The van der Waals surface area contributed by atoms with Crippen molar-refractivity contribution in [3.63, 3.8) is 0 Å². The summed E-state index contributed by atoms with van der Waals surface area (Å²) in [6.45, 7) is 1.81. The summed E-state index contributed by atoms with van der Waals surface area (Å²) >= 11 is 0. The number of hydrogen-bond donors (Lipinski definition) is 0. The minimum Gasteiger partial charge on any atom is -0.232 e. The maximum Gasteiger partial charge on any atom is 0.255 e. The molecule has 0 bridgehead atoms. The Morgan fingerprint density at radius 2 is 2.07 bits per heavy atom. The summed E-state index contributed by atoms with van der Waals surface area (Å²) in [5.41, 5.74) is -1.01. The lowest BCUT2D eigenvalue weighted by atomic mass is 9.72. The van der Waals surface area contributed by atoms with Gasteiger partial charge in [0.2, 0.25) is 0 Å². The molecule has 1 aromatic rings. The van der Waals surface area contributed by atoms with Crippen molar-refractivity contribution < 1.29 is 8.78 Å².